The van der Waals surface area contributed by atoms with Crippen LogP contribution in [0.3, 0.4) is 0 Å². The van der Waals surface area contributed by atoms with Gasteiger partial charge < -0.3 is 10.3 Å². The molecule has 0 atom stereocenters. The highest BCUT2D eigenvalue weighted by Gasteiger charge is 2.17. The van der Waals surface area contributed by atoms with Crippen LogP contribution in [0.15, 0.2) is 24.3 Å². The normalized spacial score (nSPS) is 16.3. The Morgan fingerprint density at radius 1 is 1.12 bits per heavy atom. The van der Waals surface area contributed by atoms with Crippen LogP contribution < -0.4 is 4.90 Å². The van der Waals surface area contributed by atoms with Gasteiger partial charge in [0.15, 0.2) is 0 Å². The summed E-state index contributed by atoms with van der Waals surface area (Å²) in [6.45, 7) is 6.47. The van der Waals surface area contributed by atoms with Gasteiger partial charge in [-0.15, -0.1) is 0 Å². The van der Waals surface area contributed by atoms with Gasteiger partial charge in [-0.1, -0.05) is 32.0 Å². The number of anilines is 1. The minimum atomic E-state index is 0.293. The lowest BCUT2D eigenvalue weighted by atomic mass is 9.97. The van der Waals surface area contributed by atoms with Crippen LogP contribution in [0, 0.1) is 11.3 Å². The highest BCUT2D eigenvalue weighted by molar-refractivity contribution is 6.04. The molecule has 1 aromatic rings. The fourth-order valence-corrected chi connectivity index (χ4v) is 2.42. The van der Waals surface area contributed by atoms with Gasteiger partial charge in [0.1, 0.15) is 0 Å². The van der Waals surface area contributed by atoms with Crippen molar-refractivity contribution in [2.24, 2.45) is 5.92 Å². The zero-order valence-electron chi connectivity index (χ0n) is 10.9. The van der Waals surface area contributed by atoms with Crippen molar-refractivity contribution in [1.82, 2.24) is 0 Å². The van der Waals surface area contributed by atoms with Crippen LogP contribution in [0.2, 0.25) is 0 Å². The molecule has 17 heavy (non-hydrogen) atoms. The van der Waals surface area contributed by atoms with E-state index in [2.05, 4.69) is 36.9 Å². The van der Waals surface area contributed by atoms with Crippen molar-refractivity contribution in [3.8, 4) is 0 Å². The SMILES string of the molecule is CC(C)C(=N)c1ccccc1N1CCCCC1. The van der Waals surface area contributed by atoms with Gasteiger partial charge in [-0.2, -0.15) is 0 Å². The van der Waals surface area contributed by atoms with Gasteiger partial charge in [-0.25, -0.2) is 0 Å². The monoisotopic (exact) mass is 230 g/mol. The van der Waals surface area contributed by atoms with E-state index in [0.29, 0.717) is 5.92 Å². The zero-order chi connectivity index (χ0) is 12.3. The topological polar surface area (TPSA) is 27.1 Å². The number of rotatable bonds is 3. The summed E-state index contributed by atoms with van der Waals surface area (Å²) >= 11 is 0. The third-order valence-electron chi connectivity index (χ3n) is 3.47. The van der Waals surface area contributed by atoms with E-state index in [1.807, 2.05) is 6.07 Å². The van der Waals surface area contributed by atoms with Gasteiger partial charge in [0, 0.05) is 30.1 Å². The second-order valence-electron chi connectivity index (χ2n) is 5.13. The Kier molecular flexibility index (Phi) is 3.82. The van der Waals surface area contributed by atoms with Crippen molar-refractivity contribution >= 4 is 11.4 Å². The first-order valence-corrected chi connectivity index (χ1v) is 6.63. The fourth-order valence-electron chi connectivity index (χ4n) is 2.42. The summed E-state index contributed by atoms with van der Waals surface area (Å²) in [5.41, 5.74) is 3.13. The summed E-state index contributed by atoms with van der Waals surface area (Å²) in [7, 11) is 0. The van der Waals surface area contributed by atoms with E-state index in [1.165, 1.54) is 24.9 Å². The van der Waals surface area contributed by atoms with Crippen molar-refractivity contribution < 1.29 is 0 Å². The average Bonchev–Trinajstić information content (AvgIpc) is 2.39. The molecule has 0 aliphatic carbocycles. The second kappa shape index (κ2) is 5.35. The lowest BCUT2D eigenvalue weighted by Gasteiger charge is -2.31. The number of piperidine rings is 1. The Labute approximate surface area is 104 Å². The molecular weight excluding hydrogens is 208 g/mol. The first-order valence-electron chi connectivity index (χ1n) is 6.63. The number of hydrogen-bond donors (Lipinski definition) is 1. The van der Waals surface area contributed by atoms with E-state index < -0.39 is 0 Å². The van der Waals surface area contributed by atoms with E-state index in [9.17, 15) is 0 Å². The molecule has 0 unspecified atom stereocenters. The zero-order valence-corrected chi connectivity index (χ0v) is 10.9. The molecule has 1 aromatic carbocycles. The van der Waals surface area contributed by atoms with Crippen LogP contribution in [0.25, 0.3) is 0 Å². The molecule has 1 N–H and O–H groups in total. The van der Waals surface area contributed by atoms with E-state index in [-0.39, 0.29) is 0 Å². The standard InChI is InChI=1S/C15H22N2/c1-12(2)15(16)13-8-4-5-9-14(13)17-10-6-3-7-11-17/h4-5,8-9,12,16H,3,6-7,10-11H2,1-2H3. The molecule has 1 aliphatic rings. The lowest BCUT2D eigenvalue weighted by molar-refractivity contribution is 0.577. The fraction of sp³-hybridized carbons (Fsp3) is 0.533. The molecule has 0 bridgehead atoms. The van der Waals surface area contributed by atoms with Gasteiger partial charge in [0.2, 0.25) is 0 Å². The van der Waals surface area contributed by atoms with Crippen molar-refractivity contribution in [1.29, 1.82) is 5.41 Å². The number of benzene rings is 1. The Morgan fingerprint density at radius 3 is 2.41 bits per heavy atom. The molecule has 0 saturated carbocycles. The Hall–Kier alpha value is -1.31. The predicted octanol–water partition coefficient (Wildman–Crippen LogP) is 3.70. The molecule has 1 saturated heterocycles. The quantitative estimate of drug-likeness (QED) is 0.788. The molecule has 92 valence electrons. The minimum absolute atomic E-state index is 0.293. The maximum Gasteiger partial charge on any atom is 0.0458 e. The van der Waals surface area contributed by atoms with Crippen LogP contribution in [-0.2, 0) is 0 Å². The molecule has 0 aromatic heterocycles. The summed E-state index contributed by atoms with van der Waals surface area (Å²) in [5.74, 6) is 0.293. The number of para-hydroxylation sites is 1. The molecule has 0 radical (unpaired) electrons. The van der Waals surface area contributed by atoms with E-state index in [1.54, 1.807) is 0 Å². The Balaban J connectivity index is 2.29. The Bertz CT molecular complexity index is 390. The molecule has 1 aliphatic heterocycles. The minimum Gasteiger partial charge on any atom is -0.371 e. The smallest absolute Gasteiger partial charge is 0.0458 e. The van der Waals surface area contributed by atoms with Crippen LogP contribution in [0.4, 0.5) is 5.69 Å². The highest BCUT2D eigenvalue weighted by Crippen LogP contribution is 2.25. The van der Waals surface area contributed by atoms with Gasteiger partial charge in [0.05, 0.1) is 0 Å². The average molecular weight is 230 g/mol. The lowest BCUT2D eigenvalue weighted by Crippen LogP contribution is -2.31. The molecule has 2 heteroatoms. The summed E-state index contributed by atoms with van der Waals surface area (Å²) in [6, 6.07) is 8.38. The van der Waals surface area contributed by atoms with Gasteiger partial charge >= 0.3 is 0 Å². The van der Waals surface area contributed by atoms with Gasteiger partial charge in [-0.05, 0) is 31.2 Å². The van der Waals surface area contributed by atoms with E-state index in [0.717, 1.165) is 24.4 Å². The summed E-state index contributed by atoms with van der Waals surface area (Å²) in [6.07, 6.45) is 3.91. The van der Waals surface area contributed by atoms with Crippen LogP contribution in [-0.4, -0.2) is 18.8 Å². The first kappa shape index (κ1) is 12.2. The van der Waals surface area contributed by atoms with Crippen molar-refractivity contribution in [2.45, 2.75) is 33.1 Å². The van der Waals surface area contributed by atoms with E-state index in [4.69, 9.17) is 5.41 Å². The molecular formula is C15H22N2. The molecule has 2 nitrogen and oxygen atoms in total. The van der Waals surface area contributed by atoms with Crippen molar-refractivity contribution in [3.05, 3.63) is 29.8 Å². The van der Waals surface area contributed by atoms with E-state index >= 15 is 0 Å². The third kappa shape index (κ3) is 2.68. The third-order valence-corrected chi connectivity index (χ3v) is 3.47. The summed E-state index contributed by atoms with van der Waals surface area (Å²) in [5, 5.41) is 8.22. The summed E-state index contributed by atoms with van der Waals surface area (Å²) < 4.78 is 0. The molecule has 0 amide bonds. The molecule has 1 heterocycles. The first-order chi connectivity index (χ1) is 8.20. The Morgan fingerprint density at radius 2 is 1.76 bits per heavy atom. The second-order valence-corrected chi connectivity index (χ2v) is 5.13. The van der Waals surface area contributed by atoms with Crippen molar-refractivity contribution in [3.63, 3.8) is 0 Å². The predicted molar refractivity (Wildman–Crippen MR) is 74.2 cm³/mol. The number of hydrogen-bond acceptors (Lipinski definition) is 2. The number of nitrogens with one attached hydrogen (secondary N) is 1. The maximum atomic E-state index is 8.22. The van der Waals surface area contributed by atoms with Crippen molar-refractivity contribution in [2.75, 3.05) is 18.0 Å². The van der Waals surface area contributed by atoms with Gasteiger partial charge in [-0.3, -0.25) is 0 Å². The van der Waals surface area contributed by atoms with Crippen LogP contribution >= 0.6 is 0 Å². The molecule has 1 fully saturated rings. The maximum absolute atomic E-state index is 8.22. The van der Waals surface area contributed by atoms with Crippen LogP contribution in [0.5, 0.6) is 0 Å². The molecule has 0 spiro atoms. The molecule has 2 rings (SSSR count). The summed E-state index contributed by atoms with van der Waals surface area (Å²) in [4.78, 5) is 2.44. The van der Waals surface area contributed by atoms with Crippen LogP contribution in [0.1, 0.15) is 38.7 Å². The van der Waals surface area contributed by atoms with Gasteiger partial charge in [0.25, 0.3) is 0 Å². The highest BCUT2D eigenvalue weighted by atomic mass is 15.1. The number of nitrogens with zero attached hydrogens (tertiary/aromatic N) is 1. The largest absolute Gasteiger partial charge is 0.371 e.